The summed E-state index contributed by atoms with van der Waals surface area (Å²) in [5.74, 6) is -0.144. The molecule has 1 fully saturated rings. The molecule has 0 bridgehead atoms. The molecule has 0 aliphatic heterocycles. The molecule has 3 atom stereocenters. The van der Waals surface area contributed by atoms with Crippen LogP contribution in [-0.2, 0) is 0 Å². The Bertz CT molecular complexity index is 87.1. The molecule has 0 aromatic carbocycles. The van der Waals surface area contributed by atoms with E-state index in [0.29, 0.717) is 0 Å². The van der Waals surface area contributed by atoms with Crippen molar-refractivity contribution in [3.05, 3.63) is 0 Å². The van der Waals surface area contributed by atoms with Gasteiger partial charge in [-0.2, -0.15) is 0 Å². The van der Waals surface area contributed by atoms with Gasteiger partial charge in [-0.15, -0.1) is 0 Å². The molecule has 1 N–H and O–H groups in total. The van der Waals surface area contributed by atoms with Crippen molar-refractivity contribution in [3.63, 3.8) is 0 Å². The Kier molecular flexibility index (Phi) is 2.01. The van der Waals surface area contributed by atoms with Crippen LogP contribution in [0.4, 0.5) is 8.78 Å². The van der Waals surface area contributed by atoms with Crippen molar-refractivity contribution in [1.29, 1.82) is 0 Å². The van der Waals surface area contributed by atoms with Gasteiger partial charge in [0.15, 0.2) is 0 Å². The van der Waals surface area contributed by atoms with Crippen LogP contribution in [0.5, 0.6) is 0 Å². The van der Waals surface area contributed by atoms with E-state index in [-0.39, 0.29) is 25.4 Å². The average Bonchev–Trinajstić information content (AvgIpc) is 2.13. The number of halogens is 2. The number of aliphatic hydroxyl groups is 1. The first-order chi connectivity index (χ1) is 4.24. The minimum absolute atomic E-state index is 0.0825. The third-order valence-electron chi connectivity index (χ3n) is 1.77. The molecule has 0 radical (unpaired) electrons. The van der Waals surface area contributed by atoms with Crippen molar-refractivity contribution in [2.45, 2.75) is 25.2 Å². The highest BCUT2D eigenvalue weighted by Crippen LogP contribution is 2.29. The molecule has 9 heavy (non-hydrogen) atoms. The Morgan fingerprint density at radius 2 is 1.67 bits per heavy atom. The molecular formula is C6H10F2O. The average molecular weight is 136 g/mol. The molecule has 1 aliphatic carbocycles. The monoisotopic (exact) mass is 136 g/mol. The van der Waals surface area contributed by atoms with Crippen molar-refractivity contribution < 1.29 is 13.9 Å². The lowest BCUT2D eigenvalue weighted by Gasteiger charge is -1.99. The topological polar surface area (TPSA) is 20.2 Å². The predicted octanol–water partition coefficient (Wildman–Crippen LogP) is 1.06. The first-order valence-corrected chi connectivity index (χ1v) is 3.13. The van der Waals surface area contributed by atoms with Gasteiger partial charge in [-0.1, -0.05) is 0 Å². The Morgan fingerprint density at radius 3 is 1.89 bits per heavy atom. The molecule has 1 aliphatic rings. The summed E-state index contributed by atoms with van der Waals surface area (Å²) in [5, 5.41) is 8.47. The van der Waals surface area contributed by atoms with Crippen LogP contribution >= 0.6 is 0 Å². The third-order valence-corrected chi connectivity index (χ3v) is 1.77. The quantitative estimate of drug-likeness (QED) is 0.571. The van der Waals surface area contributed by atoms with Gasteiger partial charge < -0.3 is 5.11 Å². The van der Waals surface area contributed by atoms with E-state index < -0.39 is 12.3 Å². The van der Waals surface area contributed by atoms with Crippen molar-refractivity contribution in [3.8, 4) is 0 Å². The highest BCUT2D eigenvalue weighted by molar-refractivity contribution is 4.82. The first-order valence-electron chi connectivity index (χ1n) is 3.13. The van der Waals surface area contributed by atoms with Gasteiger partial charge in [-0.05, 0) is 18.8 Å². The maximum absolute atomic E-state index is 12.3. The van der Waals surface area contributed by atoms with Crippen molar-refractivity contribution in [2.24, 2.45) is 5.92 Å². The molecule has 1 rings (SSSR count). The minimum atomic E-state index is -1.33. The highest BCUT2D eigenvalue weighted by Gasteiger charge is 2.33. The summed E-state index contributed by atoms with van der Waals surface area (Å²) in [6.45, 7) is -0.0825. The maximum atomic E-state index is 12.3. The molecule has 0 aromatic heterocycles. The number of alkyl halides is 2. The van der Waals surface area contributed by atoms with Gasteiger partial charge in [0.1, 0.15) is 12.3 Å². The van der Waals surface area contributed by atoms with Gasteiger partial charge in [0.2, 0.25) is 0 Å². The van der Waals surface area contributed by atoms with E-state index in [1.165, 1.54) is 0 Å². The molecule has 1 nitrogen and oxygen atoms in total. The predicted molar refractivity (Wildman–Crippen MR) is 29.6 cm³/mol. The van der Waals surface area contributed by atoms with Gasteiger partial charge in [-0.25, -0.2) is 8.78 Å². The van der Waals surface area contributed by atoms with Crippen molar-refractivity contribution >= 4 is 0 Å². The number of hydrogen-bond donors (Lipinski definition) is 1. The van der Waals surface area contributed by atoms with Crippen LogP contribution in [-0.4, -0.2) is 24.1 Å². The molecule has 0 aromatic rings. The molecule has 0 heterocycles. The number of aliphatic hydroxyl groups excluding tert-OH is 1. The van der Waals surface area contributed by atoms with Crippen LogP contribution in [0, 0.1) is 5.92 Å². The Morgan fingerprint density at radius 1 is 1.22 bits per heavy atom. The smallest absolute Gasteiger partial charge is 0.132 e. The fourth-order valence-corrected chi connectivity index (χ4v) is 1.18. The summed E-state index contributed by atoms with van der Waals surface area (Å²) in [4.78, 5) is 0. The Balaban J connectivity index is 2.35. The zero-order valence-electron chi connectivity index (χ0n) is 5.06. The normalized spacial score (nSPS) is 43.7. The fraction of sp³-hybridized carbons (Fsp3) is 1.00. The molecule has 0 saturated heterocycles. The molecule has 3 heteroatoms. The highest BCUT2D eigenvalue weighted by atomic mass is 19.2. The second-order valence-corrected chi connectivity index (χ2v) is 2.55. The van der Waals surface area contributed by atoms with E-state index in [9.17, 15) is 8.78 Å². The summed E-state index contributed by atoms with van der Waals surface area (Å²) >= 11 is 0. The van der Waals surface area contributed by atoms with Crippen LogP contribution in [0.3, 0.4) is 0 Å². The molecule has 0 amide bonds. The number of hydrogen-bond acceptors (Lipinski definition) is 1. The van der Waals surface area contributed by atoms with Gasteiger partial charge in [0.05, 0.1) is 0 Å². The van der Waals surface area contributed by atoms with E-state index >= 15 is 0 Å². The Labute approximate surface area is 52.7 Å². The Hall–Kier alpha value is -0.180. The minimum Gasteiger partial charge on any atom is -0.396 e. The maximum Gasteiger partial charge on any atom is 0.132 e. The van der Waals surface area contributed by atoms with E-state index in [4.69, 9.17) is 5.11 Å². The largest absolute Gasteiger partial charge is 0.396 e. The molecule has 54 valence electrons. The molecule has 1 saturated carbocycles. The van der Waals surface area contributed by atoms with Gasteiger partial charge in [-0.3, -0.25) is 0 Å². The van der Waals surface area contributed by atoms with E-state index in [0.717, 1.165) is 0 Å². The van der Waals surface area contributed by atoms with Crippen molar-refractivity contribution in [2.75, 3.05) is 6.61 Å². The zero-order valence-corrected chi connectivity index (χ0v) is 5.06. The summed E-state index contributed by atoms with van der Waals surface area (Å²) in [5.41, 5.74) is 0. The van der Waals surface area contributed by atoms with Crippen LogP contribution < -0.4 is 0 Å². The van der Waals surface area contributed by atoms with Crippen LogP contribution in [0.15, 0.2) is 0 Å². The summed E-state index contributed by atoms with van der Waals surface area (Å²) in [7, 11) is 0. The van der Waals surface area contributed by atoms with E-state index in [2.05, 4.69) is 0 Å². The standard InChI is InChI=1S/C6H10F2O/c7-5-1-4(3-9)2-6(5)8/h4-6,9H,1-3H2/t4-,5+,6-. The SMILES string of the molecule is OC[C@H]1C[C@@H](F)[C@@H](F)C1. The second-order valence-electron chi connectivity index (χ2n) is 2.55. The van der Waals surface area contributed by atoms with E-state index in [1.807, 2.05) is 0 Å². The van der Waals surface area contributed by atoms with Gasteiger partial charge in [0.25, 0.3) is 0 Å². The lowest BCUT2D eigenvalue weighted by atomic mass is 10.1. The second kappa shape index (κ2) is 2.60. The lowest BCUT2D eigenvalue weighted by molar-refractivity contribution is 0.199. The summed E-state index contributed by atoms with van der Waals surface area (Å²) in [6, 6.07) is 0. The van der Waals surface area contributed by atoms with Crippen molar-refractivity contribution in [1.82, 2.24) is 0 Å². The summed E-state index contributed by atoms with van der Waals surface area (Å²) in [6.07, 6.45) is -2.28. The van der Waals surface area contributed by atoms with Crippen LogP contribution in [0.2, 0.25) is 0 Å². The number of rotatable bonds is 1. The van der Waals surface area contributed by atoms with Gasteiger partial charge >= 0.3 is 0 Å². The van der Waals surface area contributed by atoms with Crippen LogP contribution in [0.25, 0.3) is 0 Å². The molecule has 0 unspecified atom stereocenters. The zero-order chi connectivity index (χ0) is 6.85. The molecular weight excluding hydrogens is 126 g/mol. The van der Waals surface area contributed by atoms with Crippen LogP contribution in [0.1, 0.15) is 12.8 Å². The van der Waals surface area contributed by atoms with Gasteiger partial charge in [0, 0.05) is 6.61 Å². The third kappa shape index (κ3) is 1.39. The summed E-state index contributed by atoms with van der Waals surface area (Å²) < 4.78 is 24.5. The first kappa shape index (κ1) is 6.93. The van der Waals surface area contributed by atoms with E-state index in [1.54, 1.807) is 0 Å². The molecule has 0 spiro atoms. The fourth-order valence-electron chi connectivity index (χ4n) is 1.18. The lowest BCUT2D eigenvalue weighted by Crippen LogP contribution is -2.06.